The lowest BCUT2D eigenvalue weighted by Gasteiger charge is -2.50. The van der Waals surface area contributed by atoms with Crippen LogP contribution in [0.4, 0.5) is 0 Å². The van der Waals surface area contributed by atoms with Crippen LogP contribution in [0.25, 0.3) is 0 Å². The van der Waals surface area contributed by atoms with Crippen molar-refractivity contribution in [2.45, 2.75) is 24.7 Å². The summed E-state index contributed by atoms with van der Waals surface area (Å²) in [6, 6.07) is 0. The van der Waals surface area contributed by atoms with Gasteiger partial charge in [0.05, 0.1) is 6.61 Å². The van der Waals surface area contributed by atoms with Gasteiger partial charge >= 0.3 is 0 Å². The minimum Gasteiger partial charge on any atom is -0.385 e. The zero-order valence-electron chi connectivity index (χ0n) is 5.08. The van der Waals surface area contributed by atoms with Gasteiger partial charge in [-0.05, 0) is 18.8 Å². The topological polar surface area (TPSA) is 49.7 Å². The molecule has 3 heteroatoms. The summed E-state index contributed by atoms with van der Waals surface area (Å²) in [4.78, 5) is 0. The number of hydrogen-bond donors (Lipinski definition) is 2. The molecule has 0 amide bonds. The van der Waals surface area contributed by atoms with Gasteiger partial charge in [-0.3, -0.25) is 0 Å². The molecule has 3 aliphatic rings. The van der Waals surface area contributed by atoms with E-state index < -0.39 is 11.9 Å². The molecule has 1 unspecified atom stereocenters. The van der Waals surface area contributed by atoms with Crippen molar-refractivity contribution in [2.75, 3.05) is 6.61 Å². The van der Waals surface area contributed by atoms with Crippen molar-refractivity contribution < 1.29 is 14.9 Å². The van der Waals surface area contributed by atoms with Gasteiger partial charge in [-0.25, -0.2) is 0 Å². The van der Waals surface area contributed by atoms with Crippen molar-refractivity contribution in [3.8, 4) is 0 Å². The first-order valence-corrected chi connectivity index (χ1v) is 3.23. The number of aliphatic hydroxyl groups is 2. The van der Waals surface area contributed by atoms with Crippen LogP contribution in [-0.4, -0.2) is 28.7 Å². The monoisotopic (exact) mass is 130 g/mol. The molecule has 2 heterocycles. The smallest absolute Gasteiger partial charge is 0.183 e. The average Bonchev–Trinajstić information content (AvgIpc) is 1.73. The number of hydrogen-bond acceptors (Lipinski definition) is 3. The van der Waals surface area contributed by atoms with E-state index in [4.69, 9.17) is 9.84 Å². The fourth-order valence-electron chi connectivity index (χ4n) is 1.64. The first kappa shape index (κ1) is 5.65. The minimum atomic E-state index is -0.928. The van der Waals surface area contributed by atoms with Crippen LogP contribution >= 0.6 is 0 Å². The third kappa shape index (κ3) is 0.625. The molecule has 1 saturated carbocycles. The van der Waals surface area contributed by atoms with E-state index in [9.17, 15) is 5.11 Å². The summed E-state index contributed by atoms with van der Waals surface area (Å²) in [7, 11) is 0. The van der Waals surface area contributed by atoms with Gasteiger partial charge in [-0.1, -0.05) is 0 Å². The SMILES string of the molecule is OC1OCC2CC1(O)C2. The van der Waals surface area contributed by atoms with Crippen LogP contribution < -0.4 is 0 Å². The lowest BCUT2D eigenvalue weighted by molar-refractivity contribution is -0.304. The molecule has 2 N–H and O–H groups in total. The molecule has 3 fully saturated rings. The third-order valence-electron chi connectivity index (χ3n) is 2.23. The highest BCUT2D eigenvalue weighted by molar-refractivity contribution is 4.99. The number of ether oxygens (including phenoxy) is 1. The van der Waals surface area contributed by atoms with Crippen LogP contribution in [0.2, 0.25) is 0 Å². The molecule has 0 aromatic rings. The zero-order chi connectivity index (χ0) is 6.48. The Morgan fingerprint density at radius 2 is 2.11 bits per heavy atom. The highest BCUT2D eigenvalue weighted by Gasteiger charge is 2.52. The molecular formula is C6H10O3. The average molecular weight is 130 g/mol. The van der Waals surface area contributed by atoms with E-state index in [0.29, 0.717) is 25.4 Å². The minimum absolute atomic E-state index is 0.499. The predicted octanol–water partition coefficient (Wildman–Crippen LogP) is -0.524. The molecule has 9 heavy (non-hydrogen) atoms. The molecule has 0 aromatic carbocycles. The normalized spacial score (nSPS) is 56.7. The van der Waals surface area contributed by atoms with E-state index in [1.165, 1.54) is 0 Å². The molecule has 0 spiro atoms. The van der Waals surface area contributed by atoms with Gasteiger partial charge in [0.25, 0.3) is 0 Å². The molecule has 52 valence electrons. The van der Waals surface area contributed by atoms with Crippen LogP contribution in [0.1, 0.15) is 12.8 Å². The lowest BCUT2D eigenvalue weighted by atomic mass is 9.69. The van der Waals surface area contributed by atoms with Crippen LogP contribution in [0.15, 0.2) is 0 Å². The second-order valence-electron chi connectivity index (χ2n) is 3.06. The van der Waals surface area contributed by atoms with Crippen LogP contribution in [0.3, 0.4) is 0 Å². The Kier molecular flexibility index (Phi) is 0.928. The van der Waals surface area contributed by atoms with Gasteiger partial charge in [-0.2, -0.15) is 0 Å². The second kappa shape index (κ2) is 1.48. The summed E-state index contributed by atoms with van der Waals surface area (Å²) < 4.78 is 4.85. The van der Waals surface area contributed by atoms with Crippen molar-refractivity contribution in [3.63, 3.8) is 0 Å². The Morgan fingerprint density at radius 1 is 1.44 bits per heavy atom. The fraction of sp³-hybridized carbons (Fsp3) is 1.00. The summed E-state index contributed by atoms with van der Waals surface area (Å²) in [5.41, 5.74) is -0.886. The van der Waals surface area contributed by atoms with Crippen molar-refractivity contribution in [3.05, 3.63) is 0 Å². The third-order valence-corrected chi connectivity index (χ3v) is 2.23. The lowest BCUT2D eigenvalue weighted by Crippen LogP contribution is -2.60. The quantitative estimate of drug-likeness (QED) is 0.463. The summed E-state index contributed by atoms with van der Waals surface area (Å²) in [5.74, 6) is 0.499. The Hall–Kier alpha value is -0.120. The summed E-state index contributed by atoms with van der Waals surface area (Å²) in [6.07, 6.45) is 0.505. The summed E-state index contributed by atoms with van der Waals surface area (Å²) >= 11 is 0. The van der Waals surface area contributed by atoms with Crippen molar-refractivity contribution in [2.24, 2.45) is 5.92 Å². The van der Waals surface area contributed by atoms with Gasteiger partial charge in [0, 0.05) is 0 Å². The summed E-state index contributed by atoms with van der Waals surface area (Å²) in [5, 5.41) is 18.3. The molecule has 1 aliphatic carbocycles. The Morgan fingerprint density at radius 3 is 2.44 bits per heavy atom. The molecule has 2 bridgehead atoms. The first-order valence-electron chi connectivity index (χ1n) is 3.23. The predicted molar refractivity (Wildman–Crippen MR) is 29.6 cm³/mol. The van der Waals surface area contributed by atoms with Crippen molar-refractivity contribution in [1.29, 1.82) is 0 Å². The Labute approximate surface area is 53.3 Å². The Balaban J connectivity index is 2.11. The maximum Gasteiger partial charge on any atom is 0.183 e. The summed E-state index contributed by atoms with van der Waals surface area (Å²) in [6.45, 7) is 0.615. The van der Waals surface area contributed by atoms with E-state index in [0.717, 1.165) is 0 Å². The van der Waals surface area contributed by atoms with E-state index in [-0.39, 0.29) is 0 Å². The molecular weight excluding hydrogens is 120 g/mol. The maximum absolute atomic E-state index is 9.33. The van der Waals surface area contributed by atoms with Crippen LogP contribution in [0.5, 0.6) is 0 Å². The Bertz CT molecular complexity index is 128. The highest BCUT2D eigenvalue weighted by Crippen LogP contribution is 2.44. The van der Waals surface area contributed by atoms with Gasteiger partial charge in [0.15, 0.2) is 6.29 Å². The molecule has 1 atom stereocenters. The number of fused-ring (bicyclic) bond motifs is 2. The largest absolute Gasteiger partial charge is 0.385 e. The van der Waals surface area contributed by atoms with E-state index in [2.05, 4.69) is 0 Å². The maximum atomic E-state index is 9.33. The van der Waals surface area contributed by atoms with Gasteiger partial charge in [0.1, 0.15) is 5.60 Å². The van der Waals surface area contributed by atoms with Crippen molar-refractivity contribution >= 4 is 0 Å². The molecule has 0 radical (unpaired) electrons. The molecule has 0 aromatic heterocycles. The molecule has 3 nitrogen and oxygen atoms in total. The van der Waals surface area contributed by atoms with Crippen LogP contribution in [-0.2, 0) is 4.74 Å². The standard InChI is InChI=1S/C6H10O3/c7-5-6(8)1-4(2-6)3-9-5/h4-5,7-8H,1-3H2. The van der Waals surface area contributed by atoms with E-state index >= 15 is 0 Å². The first-order chi connectivity index (χ1) is 4.21. The van der Waals surface area contributed by atoms with Crippen molar-refractivity contribution in [1.82, 2.24) is 0 Å². The van der Waals surface area contributed by atoms with Crippen LogP contribution in [0, 0.1) is 5.92 Å². The molecule has 3 rings (SSSR count). The van der Waals surface area contributed by atoms with E-state index in [1.807, 2.05) is 0 Å². The number of rotatable bonds is 0. The molecule has 2 saturated heterocycles. The van der Waals surface area contributed by atoms with Gasteiger partial charge in [0.2, 0.25) is 0 Å². The van der Waals surface area contributed by atoms with Gasteiger partial charge < -0.3 is 14.9 Å². The highest BCUT2D eigenvalue weighted by atomic mass is 16.6. The zero-order valence-corrected chi connectivity index (χ0v) is 5.08. The van der Waals surface area contributed by atoms with E-state index in [1.54, 1.807) is 0 Å². The molecule has 2 aliphatic heterocycles. The fourth-order valence-corrected chi connectivity index (χ4v) is 1.64. The second-order valence-corrected chi connectivity index (χ2v) is 3.06. The number of aliphatic hydroxyl groups excluding tert-OH is 1. The van der Waals surface area contributed by atoms with Gasteiger partial charge in [-0.15, -0.1) is 0 Å².